The highest BCUT2D eigenvalue weighted by Gasteiger charge is 2.29. The van der Waals surface area contributed by atoms with Crippen LogP contribution in [-0.4, -0.2) is 12.0 Å². The minimum absolute atomic E-state index is 0.927. The van der Waals surface area contributed by atoms with Crippen molar-refractivity contribution in [2.45, 2.75) is 48.0 Å². The fourth-order valence-electron chi connectivity index (χ4n) is 4.30. The summed E-state index contributed by atoms with van der Waals surface area (Å²) in [5, 5.41) is 2.60. The zero-order chi connectivity index (χ0) is 21.1. The Morgan fingerprint density at radius 1 is 0.966 bits per heavy atom. The molecule has 0 unspecified atom stereocenters. The van der Waals surface area contributed by atoms with Crippen LogP contribution in [0.15, 0.2) is 60.3 Å². The van der Waals surface area contributed by atoms with Gasteiger partial charge in [0.2, 0.25) is 0 Å². The quantitative estimate of drug-likeness (QED) is 0.335. The van der Waals surface area contributed by atoms with E-state index in [9.17, 15) is 0 Å². The molecule has 0 N–H and O–H groups in total. The highest BCUT2D eigenvalue weighted by atomic mass is 15.1. The monoisotopic (exact) mass is 384 g/mol. The van der Waals surface area contributed by atoms with Crippen LogP contribution in [0, 0.1) is 0 Å². The first kappa shape index (κ1) is 20.9. The van der Waals surface area contributed by atoms with Crippen molar-refractivity contribution in [3.05, 3.63) is 77.3 Å². The van der Waals surface area contributed by atoms with E-state index in [1.54, 1.807) is 0 Å². The van der Waals surface area contributed by atoms with Crippen molar-refractivity contribution in [2.24, 2.45) is 0 Å². The summed E-state index contributed by atoms with van der Waals surface area (Å²) < 4.78 is 0. The average molecular weight is 385 g/mol. The molecular formula is C27H32N2. The first-order valence-electron chi connectivity index (χ1n) is 10.8. The molecule has 1 aromatic heterocycles. The standard InChI is InChI=1S/C23H20N2.2C2H6/c1-4-8-16-14(2)25(3)20-12-7-11-18-21-17-10-6-5-9-15(17)13-19(21)24-23(16)22(18)20;2*1-2/h4-12H,13H2,1-3H3;2*1-2H3/b8-4-;;. The summed E-state index contributed by atoms with van der Waals surface area (Å²) in [5.41, 5.74) is 10.1. The van der Waals surface area contributed by atoms with E-state index in [4.69, 9.17) is 4.98 Å². The van der Waals surface area contributed by atoms with Gasteiger partial charge in [0.25, 0.3) is 0 Å². The van der Waals surface area contributed by atoms with E-state index >= 15 is 0 Å². The van der Waals surface area contributed by atoms with E-state index in [1.807, 2.05) is 27.7 Å². The van der Waals surface area contributed by atoms with Crippen LogP contribution >= 0.6 is 0 Å². The summed E-state index contributed by atoms with van der Waals surface area (Å²) in [4.78, 5) is 7.47. The van der Waals surface area contributed by atoms with Gasteiger partial charge in [-0.25, -0.2) is 0 Å². The van der Waals surface area contributed by atoms with Crippen LogP contribution in [0.5, 0.6) is 0 Å². The van der Waals surface area contributed by atoms with Crippen molar-refractivity contribution in [1.82, 2.24) is 4.98 Å². The molecule has 0 saturated carbocycles. The normalized spacial score (nSPS) is 13.6. The van der Waals surface area contributed by atoms with Gasteiger partial charge < -0.3 is 4.90 Å². The van der Waals surface area contributed by atoms with Crippen molar-refractivity contribution in [3.63, 3.8) is 0 Å². The zero-order valence-corrected chi connectivity index (χ0v) is 18.8. The zero-order valence-electron chi connectivity index (χ0n) is 18.8. The molecule has 5 rings (SSSR count). The van der Waals surface area contributed by atoms with Gasteiger partial charge in [-0.15, -0.1) is 0 Å². The Balaban J connectivity index is 0.000000568. The van der Waals surface area contributed by atoms with E-state index in [0.717, 1.165) is 12.1 Å². The fourth-order valence-corrected chi connectivity index (χ4v) is 4.30. The number of pyridine rings is 1. The number of nitrogens with zero attached hydrogens (tertiary/aromatic N) is 2. The second kappa shape index (κ2) is 8.65. The maximum atomic E-state index is 5.18. The van der Waals surface area contributed by atoms with E-state index in [2.05, 4.69) is 80.4 Å². The van der Waals surface area contributed by atoms with Gasteiger partial charge in [0.05, 0.1) is 17.1 Å². The highest BCUT2D eigenvalue weighted by molar-refractivity contribution is 6.12. The van der Waals surface area contributed by atoms with Crippen LogP contribution in [0.3, 0.4) is 0 Å². The minimum Gasteiger partial charge on any atom is -0.347 e. The minimum atomic E-state index is 0.927. The summed E-state index contributed by atoms with van der Waals surface area (Å²) >= 11 is 0. The van der Waals surface area contributed by atoms with E-state index < -0.39 is 0 Å². The molecule has 0 fully saturated rings. The number of allylic oxidation sites excluding steroid dienone is 4. The third-order valence-electron chi connectivity index (χ3n) is 5.57. The molecule has 2 aliphatic rings. The number of fused-ring (bicyclic) bond motifs is 4. The summed E-state index contributed by atoms with van der Waals surface area (Å²) in [6.45, 7) is 12.3. The summed E-state index contributed by atoms with van der Waals surface area (Å²) in [5.74, 6) is 0. The van der Waals surface area contributed by atoms with Crippen molar-refractivity contribution in [1.29, 1.82) is 0 Å². The van der Waals surface area contributed by atoms with Crippen LogP contribution in [0.2, 0.25) is 0 Å². The molecule has 29 heavy (non-hydrogen) atoms. The molecule has 2 aromatic carbocycles. The van der Waals surface area contributed by atoms with Gasteiger partial charge in [-0.05, 0) is 36.4 Å². The lowest BCUT2D eigenvalue weighted by molar-refractivity contribution is 1.06. The van der Waals surface area contributed by atoms with Crippen molar-refractivity contribution in [3.8, 4) is 11.1 Å². The maximum Gasteiger partial charge on any atom is 0.0822 e. The third kappa shape index (κ3) is 3.17. The lowest BCUT2D eigenvalue weighted by atomic mass is 9.92. The summed E-state index contributed by atoms with van der Waals surface area (Å²) in [6, 6.07) is 15.4. The molecule has 2 nitrogen and oxygen atoms in total. The Hall–Kier alpha value is -2.87. The van der Waals surface area contributed by atoms with Crippen LogP contribution in [0.4, 0.5) is 5.69 Å². The topological polar surface area (TPSA) is 16.1 Å². The molecule has 1 aliphatic heterocycles. The molecule has 0 spiro atoms. The van der Waals surface area contributed by atoms with Crippen LogP contribution in [0.25, 0.3) is 27.5 Å². The molecule has 0 atom stereocenters. The first-order chi connectivity index (χ1) is 14.2. The van der Waals surface area contributed by atoms with E-state index in [1.165, 1.54) is 50.1 Å². The molecule has 2 heteroatoms. The number of aromatic nitrogens is 1. The van der Waals surface area contributed by atoms with Crippen molar-refractivity contribution >= 4 is 22.0 Å². The van der Waals surface area contributed by atoms with E-state index in [-0.39, 0.29) is 0 Å². The molecule has 1 aliphatic carbocycles. The van der Waals surface area contributed by atoms with Gasteiger partial charge in [0.1, 0.15) is 0 Å². The number of anilines is 1. The predicted octanol–water partition coefficient (Wildman–Crippen LogP) is 7.62. The number of benzene rings is 2. The summed E-state index contributed by atoms with van der Waals surface area (Å²) in [7, 11) is 2.15. The smallest absolute Gasteiger partial charge is 0.0822 e. The Labute approximate surface area is 175 Å². The molecule has 0 bridgehead atoms. The Bertz CT molecular complexity index is 1100. The second-order valence-electron chi connectivity index (χ2n) is 6.87. The summed E-state index contributed by atoms with van der Waals surface area (Å²) in [6.07, 6.45) is 5.23. The van der Waals surface area contributed by atoms with Gasteiger partial charge in [-0.3, -0.25) is 4.98 Å². The largest absolute Gasteiger partial charge is 0.347 e. The predicted molar refractivity (Wildman–Crippen MR) is 128 cm³/mol. The van der Waals surface area contributed by atoms with Crippen LogP contribution < -0.4 is 4.90 Å². The number of rotatable bonds is 1. The Morgan fingerprint density at radius 3 is 2.41 bits per heavy atom. The van der Waals surface area contributed by atoms with Gasteiger partial charge in [0, 0.05) is 35.7 Å². The van der Waals surface area contributed by atoms with E-state index in [0.29, 0.717) is 0 Å². The van der Waals surface area contributed by atoms with Gasteiger partial charge in [-0.1, -0.05) is 76.2 Å². The number of hydrogen-bond acceptors (Lipinski definition) is 2. The van der Waals surface area contributed by atoms with Crippen LogP contribution in [-0.2, 0) is 6.42 Å². The second-order valence-corrected chi connectivity index (χ2v) is 6.87. The highest BCUT2D eigenvalue weighted by Crippen LogP contribution is 2.47. The van der Waals surface area contributed by atoms with Gasteiger partial charge in [-0.2, -0.15) is 0 Å². The SMILES string of the molecule is C/C=C\C1=C(C)N(C)c2cccc3c4c(nc1c23)Cc1ccccc1-4.CC.CC. The van der Waals surface area contributed by atoms with Gasteiger partial charge in [0.15, 0.2) is 0 Å². The molecule has 0 radical (unpaired) electrons. The third-order valence-corrected chi connectivity index (χ3v) is 5.57. The molecule has 150 valence electrons. The van der Waals surface area contributed by atoms with Crippen molar-refractivity contribution < 1.29 is 0 Å². The molecule has 2 heterocycles. The molecular weight excluding hydrogens is 352 g/mol. The van der Waals surface area contributed by atoms with Crippen molar-refractivity contribution in [2.75, 3.05) is 11.9 Å². The molecule has 0 amide bonds. The lowest BCUT2D eigenvalue weighted by Gasteiger charge is -2.30. The number of hydrogen-bond donors (Lipinski definition) is 0. The average Bonchev–Trinajstić information content (AvgIpc) is 3.16. The Kier molecular flexibility index (Phi) is 6.22. The van der Waals surface area contributed by atoms with Gasteiger partial charge >= 0.3 is 0 Å². The molecule has 3 aromatic rings. The first-order valence-corrected chi connectivity index (χ1v) is 10.8. The fraction of sp³-hybridized carbons (Fsp3) is 0.296. The molecule has 0 saturated heterocycles. The van der Waals surface area contributed by atoms with Crippen LogP contribution in [0.1, 0.15) is 58.5 Å². The Morgan fingerprint density at radius 2 is 1.69 bits per heavy atom. The lowest BCUT2D eigenvalue weighted by Crippen LogP contribution is -2.20. The maximum absolute atomic E-state index is 5.18.